The first-order chi connectivity index (χ1) is 2.81. The Morgan fingerprint density at radius 2 is 1.38 bits per heavy atom. The van der Waals surface area contributed by atoms with Gasteiger partial charge in [0.2, 0.25) is 0 Å². The summed E-state index contributed by atoms with van der Waals surface area (Å²) >= 11 is -2.63. The molecule has 0 radical (unpaired) electrons. The van der Waals surface area contributed by atoms with Gasteiger partial charge in [-0.3, -0.25) is 0 Å². The SMILES string of the molecule is CO[AsH](=O)OC.[NaH].[NaH]. The Hall–Kier alpha value is 2.28. The second-order valence-electron chi connectivity index (χ2n) is 0.658. The molecule has 0 bridgehead atoms. The van der Waals surface area contributed by atoms with Crippen molar-refractivity contribution in [3.05, 3.63) is 0 Å². The molecule has 0 heterocycles. The van der Waals surface area contributed by atoms with Gasteiger partial charge in [-0.2, -0.15) is 0 Å². The van der Waals surface area contributed by atoms with Gasteiger partial charge in [0.25, 0.3) is 0 Å². The molecule has 42 valence electrons. The van der Waals surface area contributed by atoms with E-state index in [1.807, 2.05) is 0 Å². The van der Waals surface area contributed by atoms with Crippen LogP contribution < -0.4 is 0 Å². The van der Waals surface area contributed by atoms with Crippen LogP contribution in [0.1, 0.15) is 0 Å². The van der Waals surface area contributed by atoms with Gasteiger partial charge >= 0.3 is 99.8 Å². The van der Waals surface area contributed by atoms with Crippen LogP contribution in [0.4, 0.5) is 0 Å². The monoisotopic (exact) mass is 202 g/mol. The Morgan fingerprint density at radius 3 is 1.38 bits per heavy atom. The van der Waals surface area contributed by atoms with Crippen LogP contribution in [0.15, 0.2) is 0 Å². The molecule has 0 N–H and O–H groups in total. The summed E-state index contributed by atoms with van der Waals surface area (Å²) in [4.78, 5) is 0. The Balaban J connectivity index is -0.000000125. The van der Waals surface area contributed by atoms with Crippen molar-refractivity contribution in [3.8, 4) is 0 Å². The molecule has 0 saturated heterocycles. The summed E-state index contributed by atoms with van der Waals surface area (Å²) in [5.41, 5.74) is 0. The Kier molecular flexibility index (Phi) is 25.1. The fourth-order valence-electron chi connectivity index (χ4n) is 0.0833. The number of hydrogen-bond donors (Lipinski definition) is 0. The van der Waals surface area contributed by atoms with E-state index in [-0.39, 0.29) is 59.1 Å². The first-order valence-electron chi connectivity index (χ1n) is 1.43. The van der Waals surface area contributed by atoms with Crippen LogP contribution in [0.5, 0.6) is 0 Å². The topological polar surface area (TPSA) is 35.5 Å². The molecule has 6 heteroatoms. The zero-order chi connectivity index (χ0) is 4.99. The van der Waals surface area contributed by atoms with Crippen LogP contribution in [-0.2, 0) is 11.2 Å². The molecule has 8 heavy (non-hydrogen) atoms. The van der Waals surface area contributed by atoms with E-state index in [0.717, 1.165) is 0 Å². The summed E-state index contributed by atoms with van der Waals surface area (Å²) in [6, 6.07) is 0. The van der Waals surface area contributed by atoms with E-state index < -0.39 is 15.3 Å². The molecule has 0 rings (SSSR count). The van der Waals surface area contributed by atoms with Crippen molar-refractivity contribution >= 4 is 74.4 Å². The fourth-order valence-corrected chi connectivity index (χ4v) is 0.433. The summed E-state index contributed by atoms with van der Waals surface area (Å²) in [5, 5.41) is 0. The molecule has 0 amide bonds. The number of rotatable bonds is 2. The van der Waals surface area contributed by atoms with E-state index in [1.54, 1.807) is 0 Å². The standard InChI is InChI=1S/C2H7AsO3.2Na.2H/c1-5-3(4)6-2;;;;/h3H,1-2H3;;;;. The van der Waals surface area contributed by atoms with Crippen molar-refractivity contribution in [2.24, 2.45) is 0 Å². The van der Waals surface area contributed by atoms with Crippen LogP contribution in [0.3, 0.4) is 0 Å². The van der Waals surface area contributed by atoms with Crippen molar-refractivity contribution in [3.63, 3.8) is 0 Å². The molecular weight excluding hydrogens is 193 g/mol. The van der Waals surface area contributed by atoms with Gasteiger partial charge in [0.1, 0.15) is 0 Å². The quantitative estimate of drug-likeness (QED) is 0.492. The number of hydrogen-bond acceptors (Lipinski definition) is 3. The molecule has 0 saturated carbocycles. The zero-order valence-electron chi connectivity index (χ0n) is 3.72. The second kappa shape index (κ2) is 12.0. The molecule has 3 nitrogen and oxygen atoms in total. The van der Waals surface area contributed by atoms with E-state index in [2.05, 4.69) is 7.45 Å². The van der Waals surface area contributed by atoms with Gasteiger partial charge in [-0.25, -0.2) is 0 Å². The first-order valence-corrected chi connectivity index (χ1v) is 4.00. The third-order valence-corrected chi connectivity index (χ3v) is 1.73. The summed E-state index contributed by atoms with van der Waals surface area (Å²) in [6.45, 7) is 0. The molecule has 0 aromatic rings. The van der Waals surface area contributed by atoms with Gasteiger partial charge in [0.15, 0.2) is 0 Å². The molecule has 0 unspecified atom stereocenters. The van der Waals surface area contributed by atoms with Crippen molar-refractivity contribution < 1.29 is 11.2 Å². The fraction of sp³-hybridized carbons (Fsp3) is 1.00. The van der Waals surface area contributed by atoms with Gasteiger partial charge in [0, 0.05) is 0 Å². The summed E-state index contributed by atoms with van der Waals surface area (Å²) in [7, 11) is 2.73. The molecule has 0 aromatic carbocycles. The van der Waals surface area contributed by atoms with Gasteiger partial charge < -0.3 is 0 Å². The Labute approximate surface area is 98.3 Å². The Morgan fingerprint density at radius 1 is 1.12 bits per heavy atom. The van der Waals surface area contributed by atoms with Gasteiger partial charge in [0.05, 0.1) is 0 Å². The summed E-state index contributed by atoms with van der Waals surface area (Å²) < 4.78 is 18.6. The first kappa shape index (κ1) is 16.7. The third-order valence-electron chi connectivity index (χ3n) is 0.333. The maximum atomic E-state index is 9.99. The molecule has 0 aliphatic heterocycles. The average Bonchev–Trinajstić information content (AvgIpc) is 1.65. The Bertz CT molecular complexity index is 53.2. The van der Waals surface area contributed by atoms with Crippen molar-refractivity contribution in [1.29, 1.82) is 0 Å². The normalized spacial score (nSPS) is 7.38. The maximum absolute atomic E-state index is 9.99. The van der Waals surface area contributed by atoms with E-state index in [4.69, 9.17) is 0 Å². The predicted octanol–water partition coefficient (Wildman–Crippen LogP) is -1.87. The minimum absolute atomic E-state index is 0. The summed E-state index contributed by atoms with van der Waals surface area (Å²) in [6.07, 6.45) is 0. The molecule has 0 aliphatic carbocycles. The van der Waals surface area contributed by atoms with E-state index in [9.17, 15) is 3.74 Å². The second-order valence-corrected chi connectivity index (χ2v) is 3.42. The van der Waals surface area contributed by atoms with Crippen LogP contribution in [0.25, 0.3) is 0 Å². The van der Waals surface area contributed by atoms with Crippen LogP contribution >= 0.6 is 0 Å². The zero-order valence-corrected chi connectivity index (χ0v) is 5.82. The van der Waals surface area contributed by atoms with E-state index in [1.165, 1.54) is 14.2 Å². The molecule has 0 aromatic heterocycles. The summed E-state index contributed by atoms with van der Waals surface area (Å²) in [5.74, 6) is 0. The van der Waals surface area contributed by atoms with Crippen LogP contribution in [-0.4, -0.2) is 88.6 Å². The van der Waals surface area contributed by atoms with Crippen LogP contribution in [0.2, 0.25) is 0 Å². The van der Waals surface area contributed by atoms with Gasteiger partial charge in [-0.15, -0.1) is 0 Å². The van der Waals surface area contributed by atoms with Gasteiger partial charge in [-0.1, -0.05) is 0 Å². The molecule has 0 fully saturated rings. The molecule has 0 aliphatic rings. The van der Waals surface area contributed by atoms with E-state index in [0.29, 0.717) is 0 Å². The van der Waals surface area contributed by atoms with E-state index >= 15 is 0 Å². The predicted molar refractivity (Wildman–Crippen MR) is 36.2 cm³/mol. The minimum atomic E-state index is -2.63. The molecule has 0 spiro atoms. The molecule has 0 atom stereocenters. The van der Waals surface area contributed by atoms with Crippen LogP contribution in [0, 0.1) is 0 Å². The molecular formula is C2H9AsNa2O3. The van der Waals surface area contributed by atoms with Crippen molar-refractivity contribution in [2.45, 2.75) is 0 Å². The third kappa shape index (κ3) is 11.1. The average molecular weight is 202 g/mol. The van der Waals surface area contributed by atoms with Gasteiger partial charge in [-0.05, 0) is 0 Å². The van der Waals surface area contributed by atoms with Crippen molar-refractivity contribution in [2.75, 3.05) is 14.2 Å². The van der Waals surface area contributed by atoms with Crippen molar-refractivity contribution in [1.82, 2.24) is 0 Å².